The number of likely N-dealkylation sites (tertiary alicyclic amines) is 1. The van der Waals surface area contributed by atoms with E-state index >= 15 is 0 Å². The van der Waals surface area contributed by atoms with E-state index in [1.54, 1.807) is 7.11 Å². The van der Waals surface area contributed by atoms with Crippen molar-refractivity contribution in [2.45, 2.75) is 31.8 Å². The lowest BCUT2D eigenvalue weighted by molar-refractivity contribution is 0.268. The molecule has 1 unspecified atom stereocenters. The standard InChI is InChI=1S/C21H29N3O/c1-16(13-17-7-4-5-9-20(17)25-3)23-15-19-10-12-24(2)21(19)18-8-6-11-22-14-18/h4-9,11,14,16,19,21,23H,10,12-13,15H2,1-3H3/t16?,19-,21-/m0/s1. The Morgan fingerprint density at radius 1 is 1.28 bits per heavy atom. The molecule has 25 heavy (non-hydrogen) atoms. The fourth-order valence-electron chi connectivity index (χ4n) is 3.94. The number of ether oxygens (including phenoxy) is 1. The van der Waals surface area contributed by atoms with Crippen LogP contribution in [-0.4, -0.2) is 43.2 Å². The first-order chi connectivity index (χ1) is 12.2. The van der Waals surface area contributed by atoms with Gasteiger partial charge in [0.25, 0.3) is 0 Å². The van der Waals surface area contributed by atoms with E-state index in [1.807, 2.05) is 30.6 Å². The Balaban J connectivity index is 1.58. The van der Waals surface area contributed by atoms with Gasteiger partial charge >= 0.3 is 0 Å². The van der Waals surface area contributed by atoms with Crippen LogP contribution in [0.4, 0.5) is 0 Å². The Morgan fingerprint density at radius 3 is 2.88 bits per heavy atom. The molecule has 1 N–H and O–H groups in total. The van der Waals surface area contributed by atoms with Gasteiger partial charge in [-0.1, -0.05) is 24.3 Å². The molecule has 1 aromatic heterocycles. The van der Waals surface area contributed by atoms with Crippen molar-refractivity contribution in [1.29, 1.82) is 0 Å². The average molecular weight is 339 g/mol. The minimum Gasteiger partial charge on any atom is -0.496 e. The maximum absolute atomic E-state index is 5.47. The second-order valence-corrected chi connectivity index (χ2v) is 7.09. The third-order valence-electron chi connectivity index (χ3n) is 5.25. The summed E-state index contributed by atoms with van der Waals surface area (Å²) < 4.78 is 5.47. The molecule has 1 fully saturated rings. The lowest BCUT2D eigenvalue weighted by Crippen LogP contribution is -2.35. The predicted molar refractivity (Wildman–Crippen MR) is 102 cm³/mol. The zero-order valence-corrected chi connectivity index (χ0v) is 15.5. The lowest BCUT2D eigenvalue weighted by Gasteiger charge is -2.26. The largest absolute Gasteiger partial charge is 0.496 e. The first-order valence-electron chi connectivity index (χ1n) is 9.14. The number of rotatable bonds is 7. The van der Waals surface area contributed by atoms with Gasteiger partial charge in [-0.25, -0.2) is 0 Å². The Hall–Kier alpha value is -1.91. The van der Waals surface area contributed by atoms with E-state index in [1.165, 1.54) is 17.5 Å². The Kier molecular flexibility index (Phi) is 6.05. The number of hydrogen-bond acceptors (Lipinski definition) is 4. The van der Waals surface area contributed by atoms with Crippen LogP contribution in [0.3, 0.4) is 0 Å². The SMILES string of the molecule is COc1ccccc1CC(C)NC[C@@H]1CCN(C)[C@H]1c1cccnc1. The van der Waals surface area contributed by atoms with Crippen LogP contribution in [0, 0.1) is 5.92 Å². The first-order valence-corrected chi connectivity index (χ1v) is 9.14. The summed E-state index contributed by atoms with van der Waals surface area (Å²) in [4.78, 5) is 6.76. The summed E-state index contributed by atoms with van der Waals surface area (Å²) in [5.74, 6) is 1.60. The molecule has 2 aromatic rings. The number of nitrogens with zero attached hydrogens (tertiary/aromatic N) is 2. The normalized spacial score (nSPS) is 22.0. The van der Waals surface area contributed by atoms with Gasteiger partial charge in [0.2, 0.25) is 0 Å². The number of aromatic nitrogens is 1. The summed E-state index contributed by atoms with van der Waals surface area (Å²) in [6, 6.07) is 13.4. The highest BCUT2D eigenvalue weighted by Crippen LogP contribution is 2.35. The third kappa shape index (κ3) is 4.39. The third-order valence-corrected chi connectivity index (χ3v) is 5.25. The van der Waals surface area contributed by atoms with Crippen molar-refractivity contribution in [3.8, 4) is 5.75 Å². The van der Waals surface area contributed by atoms with Gasteiger partial charge in [0.15, 0.2) is 0 Å². The van der Waals surface area contributed by atoms with E-state index in [0.717, 1.165) is 25.3 Å². The maximum Gasteiger partial charge on any atom is 0.122 e. The van der Waals surface area contributed by atoms with E-state index in [4.69, 9.17) is 4.74 Å². The van der Waals surface area contributed by atoms with Gasteiger partial charge < -0.3 is 10.1 Å². The van der Waals surface area contributed by atoms with Crippen molar-refractivity contribution < 1.29 is 4.74 Å². The topological polar surface area (TPSA) is 37.4 Å². The zero-order chi connectivity index (χ0) is 17.6. The molecule has 3 rings (SSSR count). The number of methoxy groups -OCH3 is 1. The van der Waals surface area contributed by atoms with E-state index in [2.05, 4.69) is 47.4 Å². The predicted octanol–water partition coefficient (Wildman–Crippen LogP) is 3.30. The Morgan fingerprint density at radius 2 is 2.12 bits per heavy atom. The van der Waals surface area contributed by atoms with Crippen LogP contribution in [0.15, 0.2) is 48.8 Å². The maximum atomic E-state index is 5.47. The molecular formula is C21H29N3O. The fraction of sp³-hybridized carbons (Fsp3) is 0.476. The molecule has 2 heterocycles. The van der Waals surface area contributed by atoms with E-state index in [0.29, 0.717) is 18.0 Å². The summed E-state index contributed by atoms with van der Waals surface area (Å²) in [7, 11) is 3.96. The molecule has 134 valence electrons. The molecule has 1 aromatic carbocycles. The van der Waals surface area contributed by atoms with E-state index in [-0.39, 0.29) is 0 Å². The molecular weight excluding hydrogens is 310 g/mol. The molecule has 0 spiro atoms. The molecule has 4 nitrogen and oxygen atoms in total. The van der Waals surface area contributed by atoms with Gasteiger partial charge in [0, 0.05) is 31.0 Å². The number of pyridine rings is 1. The summed E-state index contributed by atoms with van der Waals surface area (Å²) in [5, 5.41) is 3.74. The van der Waals surface area contributed by atoms with Crippen molar-refractivity contribution >= 4 is 0 Å². The van der Waals surface area contributed by atoms with Crippen LogP contribution in [-0.2, 0) is 6.42 Å². The number of nitrogens with one attached hydrogen (secondary N) is 1. The van der Waals surface area contributed by atoms with Crippen LogP contribution >= 0.6 is 0 Å². The van der Waals surface area contributed by atoms with E-state index < -0.39 is 0 Å². The summed E-state index contributed by atoms with van der Waals surface area (Å²) >= 11 is 0. The quantitative estimate of drug-likeness (QED) is 0.840. The van der Waals surface area contributed by atoms with Crippen molar-refractivity contribution in [2.24, 2.45) is 5.92 Å². The lowest BCUT2D eigenvalue weighted by atomic mass is 9.94. The second kappa shape index (κ2) is 8.45. The van der Waals surface area contributed by atoms with Gasteiger partial charge in [-0.2, -0.15) is 0 Å². The minimum absolute atomic E-state index is 0.414. The number of para-hydroxylation sites is 1. The van der Waals surface area contributed by atoms with Crippen LogP contribution < -0.4 is 10.1 Å². The average Bonchev–Trinajstić information content (AvgIpc) is 3.02. The van der Waals surface area contributed by atoms with Crippen LogP contribution in [0.5, 0.6) is 5.75 Å². The Bertz CT molecular complexity index is 661. The molecule has 0 bridgehead atoms. The van der Waals surface area contributed by atoms with Crippen LogP contribution in [0.2, 0.25) is 0 Å². The van der Waals surface area contributed by atoms with Crippen molar-refractivity contribution in [2.75, 3.05) is 27.2 Å². The smallest absolute Gasteiger partial charge is 0.122 e. The van der Waals surface area contributed by atoms with Gasteiger partial charge in [0.05, 0.1) is 7.11 Å². The molecule has 4 heteroatoms. The molecule has 1 saturated heterocycles. The molecule has 0 radical (unpaired) electrons. The summed E-state index contributed by atoms with van der Waals surface area (Å²) in [6.07, 6.45) is 6.06. The monoisotopic (exact) mass is 339 g/mol. The highest BCUT2D eigenvalue weighted by atomic mass is 16.5. The molecule has 0 amide bonds. The van der Waals surface area contributed by atoms with Gasteiger partial charge in [-0.3, -0.25) is 9.88 Å². The summed E-state index contributed by atoms with van der Waals surface area (Å²) in [6.45, 7) is 4.43. The van der Waals surface area contributed by atoms with Crippen LogP contribution in [0.25, 0.3) is 0 Å². The van der Waals surface area contributed by atoms with Gasteiger partial charge in [-0.15, -0.1) is 0 Å². The summed E-state index contributed by atoms with van der Waals surface area (Å²) in [5.41, 5.74) is 2.59. The molecule has 1 aliphatic rings. The van der Waals surface area contributed by atoms with Crippen molar-refractivity contribution in [3.63, 3.8) is 0 Å². The molecule has 3 atom stereocenters. The highest BCUT2D eigenvalue weighted by Gasteiger charge is 2.32. The van der Waals surface area contributed by atoms with Crippen molar-refractivity contribution in [3.05, 3.63) is 59.9 Å². The first kappa shape index (κ1) is 17.9. The van der Waals surface area contributed by atoms with E-state index in [9.17, 15) is 0 Å². The fourth-order valence-corrected chi connectivity index (χ4v) is 3.94. The molecule has 0 aliphatic carbocycles. The van der Waals surface area contributed by atoms with Crippen LogP contribution in [0.1, 0.15) is 30.5 Å². The second-order valence-electron chi connectivity index (χ2n) is 7.09. The number of benzene rings is 1. The van der Waals surface area contributed by atoms with Gasteiger partial charge in [0.1, 0.15) is 5.75 Å². The zero-order valence-electron chi connectivity index (χ0n) is 15.5. The minimum atomic E-state index is 0.414. The highest BCUT2D eigenvalue weighted by molar-refractivity contribution is 5.33. The number of hydrogen-bond donors (Lipinski definition) is 1. The van der Waals surface area contributed by atoms with Crippen molar-refractivity contribution in [1.82, 2.24) is 15.2 Å². The Labute approximate surface area is 151 Å². The molecule has 1 aliphatic heterocycles. The van der Waals surface area contributed by atoms with Gasteiger partial charge in [-0.05, 0) is 62.5 Å². The molecule has 0 saturated carbocycles.